The van der Waals surface area contributed by atoms with Crippen molar-refractivity contribution in [2.24, 2.45) is 0 Å². The van der Waals surface area contributed by atoms with Crippen LogP contribution in [0.15, 0.2) is 0 Å². The Morgan fingerprint density at radius 3 is 1.00 bits per heavy atom. The average molecular weight is 1010 g/mol. The van der Waals surface area contributed by atoms with E-state index in [4.69, 9.17) is 9.47 Å². The molecule has 1 aliphatic heterocycles. The van der Waals surface area contributed by atoms with E-state index in [0.29, 0.717) is 12.8 Å². The van der Waals surface area contributed by atoms with Gasteiger partial charge in [0.1, 0.15) is 24.4 Å². The first-order valence-electron chi connectivity index (χ1n) is 31.7. The van der Waals surface area contributed by atoms with Gasteiger partial charge in [0.25, 0.3) is 0 Å². The molecule has 1 aliphatic rings. The minimum absolute atomic E-state index is 0.131. The largest absolute Gasteiger partial charge is 0.394 e. The molecule has 0 spiro atoms. The number of rotatable bonds is 56. The zero-order chi connectivity index (χ0) is 51.5. The second-order valence-electron chi connectivity index (χ2n) is 22.6. The Balaban J connectivity index is 2.07. The number of hydrogen-bond acceptors (Lipinski definition) is 8. The fraction of sp³-hybridized carbons (Fsp3) is 0.984. The first-order valence-corrected chi connectivity index (χ1v) is 31.7. The first-order chi connectivity index (χ1) is 34.8. The first kappa shape index (κ1) is 68.2. The molecule has 1 saturated heterocycles. The molecule has 0 aromatic carbocycles. The fourth-order valence-corrected chi connectivity index (χ4v) is 10.7. The van der Waals surface area contributed by atoms with E-state index >= 15 is 0 Å². The summed E-state index contributed by atoms with van der Waals surface area (Å²) in [6.45, 7) is 3.89. The van der Waals surface area contributed by atoms with Gasteiger partial charge in [0.05, 0.1) is 25.4 Å². The van der Waals surface area contributed by atoms with Crippen molar-refractivity contribution in [3.63, 3.8) is 0 Å². The normalized spacial score (nSPS) is 19.1. The minimum Gasteiger partial charge on any atom is -0.394 e. The average Bonchev–Trinajstić information content (AvgIpc) is 3.37. The molecule has 0 saturated carbocycles. The Kier molecular flexibility index (Phi) is 50.6. The lowest BCUT2D eigenvalue weighted by atomic mass is 9.99. The smallest absolute Gasteiger partial charge is 0.220 e. The molecule has 1 rings (SSSR count). The van der Waals surface area contributed by atoms with Crippen LogP contribution in [-0.2, 0) is 14.3 Å². The third-order valence-electron chi connectivity index (χ3n) is 15.7. The van der Waals surface area contributed by atoms with E-state index in [0.717, 1.165) is 38.5 Å². The summed E-state index contributed by atoms with van der Waals surface area (Å²) in [7, 11) is 0. The van der Waals surface area contributed by atoms with E-state index in [9.17, 15) is 30.3 Å². The van der Waals surface area contributed by atoms with Crippen molar-refractivity contribution < 1.29 is 39.8 Å². The highest BCUT2D eigenvalue weighted by Gasteiger charge is 2.44. The molecular weight excluding hydrogens is 887 g/mol. The van der Waals surface area contributed by atoms with Crippen LogP contribution in [0.4, 0.5) is 0 Å². The van der Waals surface area contributed by atoms with Gasteiger partial charge >= 0.3 is 0 Å². The molecule has 71 heavy (non-hydrogen) atoms. The van der Waals surface area contributed by atoms with Crippen LogP contribution in [-0.4, -0.2) is 87.5 Å². The van der Waals surface area contributed by atoms with Gasteiger partial charge in [0.2, 0.25) is 5.91 Å². The standard InChI is InChI=1S/C62H123NO8/c1-3-5-7-9-11-13-15-17-19-20-21-22-23-24-25-26-27-28-29-30-31-32-33-34-35-36-38-40-42-44-46-48-50-52-58(66)63-55(54-70-62-61(69)60(68)59(67)57(53-64)71-62)56(65)51-49-47-45-43-41-39-37-18-16-14-12-10-8-6-4-2/h55-57,59-62,64-65,67-69H,3-54H2,1-2H3,(H,63,66)/t55-,56+,57+,59-,60?,61?,62+/m0/s1. The van der Waals surface area contributed by atoms with E-state index in [1.165, 1.54) is 270 Å². The number of nitrogens with one attached hydrogen (secondary N) is 1. The maximum absolute atomic E-state index is 13.1. The van der Waals surface area contributed by atoms with Gasteiger partial charge in [-0.1, -0.05) is 316 Å². The van der Waals surface area contributed by atoms with E-state index in [1.807, 2.05) is 0 Å². The molecule has 9 nitrogen and oxygen atoms in total. The zero-order valence-corrected chi connectivity index (χ0v) is 47.3. The molecule has 0 bridgehead atoms. The van der Waals surface area contributed by atoms with Crippen LogP contribution < -0.4 is 5.32 Å². The van der Waals surface area contributed by atoms with Gasteiger partial charge in [0, 0.05) is 6.42 Å². The highest BCUT2D eigenvalue weighted by Crippen LogP contribution is 2.24. The van der Waals surface area contributed by atoms with Crippen LogP contribution in [0.2, 0.25) is 0 Å². The summed E-state index contributed by atoms with van der Waals surface area (Å²) in [4.78, 5) is 13.1. The van der Waals surface area contributed by atoms with Crippen LogP contribution in [0.1, 0.15) is 335 Å². The maximum Gasteiger partial charge on any atom is 0.220 e. The quantitative estimate of drug-likeness (QED) is 0.0330. The summed E-state index contributed by atoms with van der Waals surface area (Å²) in [6, 6.07) is -0.713. The monoisotopic (exact) mass is 1010 g/mol. The highest BCUT2D eigenvalue weighted by molar-refractivity contribution is 5.76. The Labute approximate surface area is 440 Å². The van der Waals surface area contributed by atoms with E-state index in [-0.39, 0.29) is 12.5 Å². The maximum atomic E-state index is 13.1. The zero-order valence-electron chi connectivity index (χ0n) is 47.3. The number of aliphatic hydroxyl groups excluding tert-OH is 5. The summed E-state index contributed by atoms with van der Waals surface area (Å²) in [6.07, 6.45) is 57.4. The molecule has 1 heterocycles. The second-order valence-corrected chi connectivity index (χ2v) is 22.6. The van der Waals surface area contributed by atoms with Crippen LogP contribution in [0, 0.1) is 0 Å². The molecule has 1 amide bonds. The second kappa shape index (κ2) is 52.6. The van der Waals surface area contributed by atoms with Crippen molar-refractivity contribution in [3.05, 3.63) is 0 Å². The third kappa shape index (κ3) is 42.0. The SMILES string of the molecule is CCCCCCCCCCCCCCCCCCCCCCCCCCCCCCCCCCCC(=O)N[C@@H](CO[C@@H]1O[C@H](CO)[C@H](O)C(O)C1O)[C@H](O)CCCCCCCCCCCCCCCCC. The highest BCUT2D eigenvalue weighted by atomic mass is 16.7. The van der Waals surface area contributed by atoms with E-state index in [1.54, 1.807) is 0 Å². The minimum atomic E-state index is -1.55. The molecule has 7 atom stereocenters. The molecule has 0 aromatic heterocycles. The molecule has 424 valence electrons. The van der Waals surface area contributed by atoms with Crippen molar-refractivity contribution in [3.8, 4) is 0 Å². The molecule has 0 radical (unpaired) electrons. The van der Waals surface area contributed by atoms with Gasteiger partial charge in [-0.3, -0.25) is 4.79 Å². The number of unbranched alkanes of at least 4 members (excludes halogenated alkanes) is 46. The van der Waals surface area contributed by atoms with Gasteiger partial charge in [-0.05, 0) is 12.8 Å². The molecular formula is C62H123NO8. The lowest BCUT2D eigenvalue weighted by Gasteiger charge is -2.40. The Morgan fingerprint density at radius 1 is 0.423 bits per heavy atom. The lowest BCUT2D eigenvalue weighted by Crippen LogP contribution is -2.60. The molecule has 2 unspecified atom stereocenters. The number of amides is 1. The van der Waals surface area contributed by atoms with E-state index < -0.39 is 49.5 Å². The van der Waals surface area contributed by atoms with Gasteiger partial charge in [-0.25, -0.2) is 0 Å². The molecule has 1 fully saturated rings. The predicted molar refractivity (Wildman–Crippen MR) is 300 cm³/mol. The van der Waals surface area contributed by atoms with Gasteiger partial charge in [-0.2, -0.15) is 0 Å². The van der Waals surface area contributed by atoms with Gasteiger partial charge in [-0.15, -0.1) is 0 Å². The lowest BCUT2D eigenvalue weighted by molar-refractivity contribution is -0.302. The van der Waals surface area contributed by atoms with Crippen molar-refractivity contribution >= 4 is 5.91 Å². The van der Waals surface area contributed by atoms with Crippen molar-refractivity contribution in [2.45, 2.75) is 378 Å². The summed E-state index contributed by atoms with van der Waals surface area (Å²) in [5.41, 5.74) is 0. The Morgan fingerprint density at radius 2 is 0.704 bits per heavy atom. The summed E-state index contributed by atoms with van der Waals surface area (Å²) >= 11 is 0. The third-order valence-corrected chi connectivity index (χ3v) is 15.7. The molecule has 0 aromatic rings. The van der Waals surface area contributed by atoms with Crippen molar-refractivity contribution in [1.29, 1.82) is 0 Å². The molecule has 6 N–H and O–H groups in total. The number of hydrogen-bond donors (Lipinski definition) is 6. The van der Waals surface area contributed by atoms with E-state index in [2.05, 4.69) is 19.2 Å². The summed E-state index contributed by atoms with van der Waals surface area (Å²) in [5, 5.41) is 54.7. The van der Waals surface area contributed by atoms with Crippen LogP contribution in [0.25, 0.3) is 0 Å². The van der Waals surface area contributed by atoms with Gasteiger partial charge in [0.15, 0.2) is 6.29 Å². The summed E-state index contributed by atoms with van der Waals surface area (Å²) < 4.78 is 11.3. The predicted octanol–water partition coefficient (Wildman–Crippen LogP) is 16.2. The van der Waals surface area contributed by atoms with Crippen molar-refractivity contribution in [2.75, 3.05) is 13.2 Å². The Hall–Kier alpha value is -0.810. The number of carbonyl (C=O) groups is 1. The van der Waals surface area contributed by atoms with Crippen LogP contribution >= 0.6 is 0 Å². The van der Waals surface area contributed by atoms with Crippen molar-refractivity contribution in [1.82, 2.24) is 5.32 Å². The number of ether oxygens (including phenoxy) is 2. The Bertz CT molecular complexity index is 1080. The summed E-state index contributed by atoms with van der Waals surface area (Å²) in [5.74, 6) is -0.135. The number of carbonyl (C=O) groups excluding carboxylic acids is 1. The molecule has 0 aliphatic carbocycles. The topological polar surface area (TPSA) is 149 Å². The number of aliphatic hydroxyl groups is 5. The van der Waals surface area contributed by atoms with Crippen LogP contribution in [0.5, 0.6) is 0 Å². The fourth-order valence-electron chi connectivity index (χ4n) is 10.7. The van der Waals surface area contributed by atoms with Gasteiger partial charge < -0.3 is 40.3 Å². The van der Waals surface area contributed by atoms with Crippen LogP contribution in [0.3, 0.4) is 0 Å². The molecule has 9 heteroatoms.